The molecule has 0 amide bonds. The first-order chi connectivity index (χ1) is 5.74. The van der Waals surface area contributed by atoms with Crippen molar-refractivity contribution >= 4 is 12.3 Å². The van der Waals surface area contributed by atoms with Crippen LogP contribution in [0.2, 0.25) is 0 Å². The summed E-state index contributed by atoms with van der Waals surface area (Å²) in [6.45, 7) is 1.35. The van der Waals surface area contributed by atoms with E-state index in [4.69, 9.17) is 4.74 Å². The summed E-state index contributed by atoms with van der Waals surface area (Å²) in [6.07, 6.45) is 5.90. The predicted molar refractivity (Wildman–Crippen MR) is 43.5 cm³/mol. The fraction of sp³-hybridized carbons (Fsp3) is 0.556. The van der Waals surface area contributed by atoms with Gasteiger partial charge in [0, 0.05) is 6.92 Å². The van der Waals surface area contributed by atoms with Crippen LogP contribution in [-0.4, -0.2) is 18.4 Å². The second kappa shape index (κ2) is 4.04. The largest absolute Gasteiger partial charge is 0.458 e. The summed E-state index contributed by atoms with van der Waals surface area (Å²) in [4.78, 5) is 21.1. The zero-order chi connectivity index (χ0) is 8.97. The second-order valence-corrected chi connectivity index (χ2v) is 2.88. The van der Waals surface area contributed by atoms with E-state index in [1.54, 1.807) is 6.08 Å². The third-order valence-corrected chi connectivity index (χ3v) is 1.89. The average Bonchev–Trinajstić information content (AvgIpc) is 2.04. The molecule has 0 saturated heterocycles. The van der Waals surface area contributed by atoms with Crippen LogP contribution in [0.5, 0.6) is 0 Å². The highest BCUT2D eigenvalue weighted by Gasteiger charge is 2.23. The highest BCUT2D eigenvalue weighted by molar-refractivity contribution is 5.67. The molecule has 0 fully saturated rings. The maximum atomic E-state index is 10.6. The van der Waals surface area contributed by atoms with Gasteiger partial charge in [0.05, 0.1) is 5.92 Å². The van der Waals surface area contributed by atoms with Crippen LogP contribution in [-0.2, 0) is 14.3 Å². The van der Waals surface area contributed by atoms with Gasteiger partial charge in [0.25, 0.3) is 0 Å². The van der Waals surface area contributed by atoms with Crippen LogP contribution in [0.15, 0.2) is 12.2 Å². The number of rotatable bonds is 2. The molecule has 0 saturated carbocycles. The molecule has 66 valence electrons. The van der Waals surface area contributed by atoms with Crippen molar-refractivity contribution in [3.63, 3.8) is 0 Å². The summed E-state index contributed by atoms with van der Waals surface area (Å²) in [5, 5.41) is 0. The lowest BCUT2D eigenvalue weighted by molar-refractivity contribution is -0.147. The molecule has 0 aromatic heterocycles. The lowest BCUT2D eigenvalue weighted by Crippen LogP contribution is -2.27. The van der Waals surface area contributed by atoms with Crippen LogP contribution < -0.4 is 0 Å². The Labute approximate surface area is 71.4 Å². The standard InChI is InChI=1S/C9H12O3/c1-7(11)12-9-5-3-2-4-8(9)6-10/h3,5-6,8-9H,2,4H2,1H3/t8-,9-/m1/s1. The molecule has 0 radical (unpaired) electrons. The van der Waals surface area contributed by atoms with Crippen molar-refractivity contribution in [1.29, 1.82) is 0 Å². The van der Waals surface area contributed by atoms with Crippen molar-refractivity contribution in [2.24, 2.45) is 5.92 Å². The molecule has 0 aromatic rings. The summed E-state index contributed by atoms with van der Waals surface area (Å²) >= 11 is 0. The van der Waals surface area contributed by atoms with Gasteiger partial charge in [-0.2, -0.15) is 0 Å². The van der Waals surface area contributed by atoms with Crippen molar-refractivity contribution in [2.75, 3.05) is 0 Å². The van der Waals surface area contributed by atoms with E-state index in [9.17, 15) is 9.59 Å². The molecule has 1 aliphatic carbocycles. The van der Waals surface area contributed by atoms with Gasteiger partial charge in [-0.25, -0.2) is 0 Å². The number of allylic oxidation sites excluding steroid dienone is 1. The van der Waals surface area contributed by atoms with Crippen LogP contribution in [0, 0.1) is 5.92 Å². The third-order valence-electron chi connectivity index (χ3n) is 1.89. The summed E-state index contributed by atoms with van der Waals surface area (Å²) in [7, 11) is 0. The van der Waals surface area contributed by atoms with E-state index in [-0.39, 0.29) is 18.0 Å². The minimum Gasteiger partial charge on any atom is -0.458 e. The fourth-order valence-corrected chi connectivity index (χ4v) is 1.29. The van der Waals surface area contributed by atoms with Gasteiger partial charge in [0.15, 0.2) is 0 Å². The summed E-state index contributed by atoms with van der Waals surface area (Å²) in [5.74, 6) is -0.489. The zero-order valence-corrected chi connectivity index (χ0v) is 7.03. The van der Waals surface area contributed by atoms with Crippen LogP contribution >= 0.6 is 0 Å². The van der Waals surface area contributed by atoms with Gasteiger partial charge in [-0.3, -0.25) is 4.79 Å². The monoisotopic (exact) mass is 168 g/mol. The minimum atomic E-state index is -0.339. The van der Waals surface area contributed by atoms with Crippen LogP contribution in [0.25, 0.3) is 0 Å². The molecule has 1 aliphatic rings. The van der Waals surface area contributed by atoms with E-state index in [1.165, 1.54) is 6.92 Å². The Bertz CT molecular complexity index is 208. The highest BCUT2D eigenvalue weighted by Crippen LogP contribution is 2.19. The predicted octanol–water partition coefficient (Wildman–Crippen LogP) is 1.08. The van der Waals surface area contributed by atoms with Gasteiger partial charge in [-0.05, 0) is 18.9 Å². The fourth-order valence-electron chi connectivity index (χ4n) is 1.29. The van der Waals surface area contributed by atoms with Crippen molar-refractivity contribution in [2.45, 2.75) is 25.9 Å². The van der Waals surface area contributed by atoms with Gasteiger partial charge in [0.2, 0.25) is 0 Å². The Morgan fingerprint density at radius 1 is 1.67 bits per heavy atom. The number of ether oxygens (including phenoxy) is 1. The van der Waals surface area contributed by atoms with Crippen molar-refractivity contribution in [3.8, 4) is 0 Å². The molecular weight excluding hydrogens is 156 g/mol. The summed E-state index contributed by atoms with van der Waals surface area (Å²) < 4.78 is 4.94. The van der Waals surface area contributed by atoms with Crippen LogP contribution in [0.3, 0.4) is 0 Å². The van der Waals surface area contributed by atoms with Crippen molar-refractivity contribution < 1.29 is 14.3 Å². The molecule has 12 heavy (non-hydrogen) atoms. The molecule has 0 heterocycles. The number of carbonyl (C=O) groups excluding carboxylic acids is 2. The van der Waals surface area contributed by atoms with Gasteiger partial charge in [-0.1, -0.05) is 6.08 Å². The van der Waals surface area contributed by atoms with Gasteiger partial charge < -0.3 is 9.53 Å². The van der Waals surface area contributed by atoms with E-state index in [1.807, 2.05) is 6.08 Å². The highest BCUT2D eigenvalue weighted by atomic mass is 16.5. The first-order valence-corrected chi connectivity index (χ1v) is 4.03. The first-order valence-electron chi connectivity index (χ1n) is 4.03. The maximum Gasteiger partial charge on any atom is 0.303 e. The smallest absolute Gasteiger partial charge is 0.303 e. The Balaban J connectivity index is 2.57. The normalized spacial score (nSPS) is 28.1. The quantitative estimate of drug-likeness (QED) is 0.352. The van der Waals surface area contributed by atoms with E-state index in [0.717, 1.165) is 19.1 Å². The Kier molecular flexibility index (Phi) is 3.02. The Hall–Kier alpha value is -1.12. The molecule has 0 unspecified atom stereocenters. The molecule has 0 aromatic carbocycles. The molecular formula is C9H12O3. The molecule has 3 heteroatoms. The third kappa shape index (κ3) is 2.19. The maximum absolute atomic E-state index is 10.6. The van der Waals surface area contributed by atoms with Crippen LogP contribution in [0.1, 0.15) is 19.8 Å². The van der Waals surface area contributed by atoms with Gasteiger partial charge in [-0.15, -0.1) is 0 Å². The lowest BCUT2D eigenvalue weighted by atomic mass is 9.93. The van der Waals surface area contributed by atoms with Crippen molar-refractivity contribution in [1.82, 2.24) is 0 Å². The molecule has 3 nitrogen and oxygen atoms in total. The minimum absolute atomic E-state index is 0.154. The van der Waals surface area contributed by atoms with E-state index in [2.05, 4.69) is 0 Å². The molecule has 2 atom stereocenters. The summed E-state index contributed by atoms with van der Waals surface area (Å²) in [5.41, 5.74) is 0. The lowest BCUT2D eigenvalue weighted by Gasteiger charge is -2.22. The SMILES string of the molecule is CC(=O)O[C@@H]1C=CCC[C@@H]1C=O. The van der Waals surface area contributed by atoms with E-state index < -0.39 is 0 Å². The molecule has 1 rings (SSSR count). The molecule has 0 bridgehead atoms. The van der Waals surface area contributed by atoms with E-state index in [0.29, 0.717) is 0 Å². The average molecular weight is 168 g/mol. The van der Waals surface area contributed by atoms with E-state index >= 15 is 0 Å². The zero-order valence-electron chi connectivity index (χ0n) is 7.03. The topological polar surface area (TPSA) is 43.4 Å². The van der Waals surface area contributed by atoms with Crippen molar-refractivity contribution in [3.05, 3.63) is 12.2 Å². The van der Waals surface area contributed by atoms with Gasteiger partial charge >= 0.3 is 5.97 Å². The summed E-state index contributed by atoms with van der Waals surface area (Å²) in [6, 6.07) is 0. The van der Waals surface area contributed by atoms with Gasteiger partial charge in [0.1, 0.15) is 12.4 Å². The second-order valence-electron chi connectivity index (χ2n) is 2.88. The Morgan fingerprint density at radius 3 is 3.00 bits per heavy atom. The van der Waals surface area contributed by atoms with Crippen LogP contribution in [0.4, 0.5) is 0 Å². The Morgan fingerprint density at radius 2 is 2.42 bits per heavy atom. The molecule has 0 aliphatic heterocycles. The first kappa shape index (κ1) is 8.97. The number of hydrogen-bond acceptors (Lipinski definition) is 3. The molecule has 0 spiro atoms. The number of carbonyl (C=O) groups is 2. The number of esters is 1. The molecule has 0 N–H and O–H groups in total. The number of hydrogen-bond donors (Lipinski definition) is 0. The number of aldehydes is 1.